The van der Waals surface area contributed by atoms with Crippen molar-refractivity contribution in [2.24, 2.45) is 5.92 Å². The minimum Gasteiger partial charge on any atom is -0.439 e. The topological polar surface area (TPSA) is 105 Å². The summed E-state index contributed by atoms with van der Waals surface area (Å²) in [6.45, 7) is 0.422. The molecule has 1 aromatic carbocycles. The SMILES string of the molecule is O=C(NCCC1CS(O)(O)C1)c1ccc2cc(Oc3ccc(C(F)(F)F)cn3)ccc2n1. The van der Waals surface area contributed by atoms with Gasteiger partial charge in [-0.25, -0.2) is 9.97 Å². The maximum absolute atomic E-state index is 12.6. The maximum atomic E-state index is 12.6. The summed E-state index contributed by atoms with van der Waals surface area (Å²) in [7, 11) is -2.37. The summed E-state index contributed by atoms with van der Waals surface area (Å²) in [4.78, 5) is 20.3. The highest BCUT2D eigenvalue weighted by Gasteiger charge is 2.33. The van der Waals surface area contributed by atoms with Crippen LogP contribution in [0, 0.1) is 5.92 Å². The van der Waals surface area contributed by atoms with Crippen LogP contribution in [0.15, 0.2) is 48.7 Å². The summed E-state index contributed by atoms with van der Waals surface area (Å²) in [5.41, 5.74) is -0.0612. The first-order chi connectivity index (χ1) is 15.1. The zero-order chi connectivity index (χ0) is 22.9. The molecule has 32 heavy (non-hydrogen) atoms. The molecule has 3 heterocycles. The predicted octanol–water partition coefficient (Wildman–Crippen LogP) is 4.94. The number of ether oxygens (including phenoxy) is 1. The van der Waals surface area contributed by atoms with Crippen molar-refractivity contribution in [2.75, 3.05) is 18.1 Å². The van der Waals surface area contributed by atoms with Gasteiger partial charge < -0.3 is 10.1 Å². The number of aromatic nitrogens is 2. The molecule has 1 amide bonds. The number of benzene rings is 1. The third-order valence-electron chi connectivity index (χ3n) is 5.02. The van der Waals surface area contributed by atoms with Gasteiger partial charge in [0.05, 0.1) is 11.1 Å². The lowest BCUT2D eigenvalue weighted by Gasteiger charge is -2.47. The largest absolute Gasteiger partial charge is 0.439 e. The lowest BCUT2D eigenvalue weighted by molar-refractivity contribution is -0.137. The monoisotopic (exact) mass is 467 g/mol. The molecule has 1 fully saturated rings. The summed E-state index contributed by atoms with van der Waals surface area (Å²) in [6.07, 6.45) is -3.08. The van der Waals surface area contributed by atoms with Crippen LogP contribution in [0.5, 0.6) is 11.6 Å². The zero-order valence-electron chi connectivity index (χ0n) is 16.7. The fraction of sp³-hybridized carbons (Fsp3) is 0.286. The van der Waals surface area contributed by atoms with E-state index in [2.05, 4.69) is 15.3 Å². The molecule has 3 N–H and O–H groups in total. The van der Waals surface area contributed by atoms with Crippen molar-refractivity contribution in [3.63, 3.8) is 0 Å². The molecule has 0 bridgehead atoms. The number of amides is 1. The molecule has 1 saturated heterocycles. The van der Waals surface area contributed by atoms with Crippen LogP contribution in [-0.4, -0.2) is 43.0 Å². The molecule has 11 heteroatoms. The third kappa shape index (κ3) is 5.29. The van der Waals surface area contributed by atoms with Gasteiger partial charge in [0.1, 0.15) is 11.4 Å². The van der Waals surface area contributed by atoms with Gasteiger partial charge in [-0.2, -0.15) is 23.8 Å². The Morgan fingerprint density at radius 2 is 1.94 bits per heavy atom. The second kappa shape index (κ2) is 8.57. The first-order valence-corrected chi connectivity index (χ1v) is 11.6. The van der Waals surface area contributed by atoms with Crippen molar-refractivity contribution in [3.8, 4) is 11.6 Å². The second-order valence-electron chi connectivity index (χ2n) is 7.58. The van der Waals surface area contributed by atoms with Gasteiger partial charge in [0.15, 0.2) is 0 Å². The maximum Gasteiger partial charge on any atom is 0.417 e. The predicted molar refractivity (Wildman–Crippen MR) is 114 cm³/mol. The average molecular weight is 467 g/mol. The number of carbonyl (C=O) groups is 1. The molecule has 0 saturated carbocycles. The van der Waals surface area contributed by atoms with Crippen molar-refractivity contribution < 1.29 is 31.8 Å². The summed E-state index contributed by atoms with van der Waals surface area (Å²) in [5, 5.41) is 3.47. The Kier molecular flexibility index (Phi) is 5.97. The van der Waals surface area contributed by atoms with E-state index in [0.29, 0.717) is 47.3 Å². The van der Waals surface area contributed by atoms with Gasteiger partial charge in [-0.3, -0.25) is 13.9 Å². The first kappa shape index (κ1) is 22.3. The van der Waals surface area contributed by atoms with Crippen LogP contribution in [0.2, 0.25) is 0 Å². The number of alkyl halides is 3. The van der Waals surface area contributed by atoms with Crippen molar-refractivity contribution in [1.29, 1.82) is 0 Å². The Labute approximate surface area is 183 Å². The van der Waals surface area contributed by atoms with Gasteiger partial charge in [0, 0.05) is 35.7 Å². The number of pyridine rings is 2. The highest BCUT2D eigenvalue weighted by atomic mass is 32.3. The van der Waals surface area contributed by atoms with Crippen LogP contribution in [0.25, 0.3) is 10.9 Å². The Morgan fingerprint density at radius 3 is 2.59 bits per heavy atom. The number of nitrogens with zero attached hydrogens (tertiary/aromatic N) is 2. The fourth-order valence-electron chi connectivity index (χ4n) is 3.38. The number of nitrogens with one attached hydrogen (secondary N) is 1. The lowest BCUT2D eigenvalue weighted by Crippen LogP contribution is -2.36. The van der Waals surface area contributed by atoms with Crippen molar-refractivity contribution in [3.05, 3.63) is 59.9 Å². The standard InChI is InChI=1S/C21H20F3N3O4S/c22-21(23,24)15-2-6-19(26-10-15)31-16-3-5-17-14(9-16)1-4-18(27-17)20(28)25-8-7-13-11-32(29,30)12-13/h1-6,9-10,13,29-30H,7-8,11-12H2,(H,25,28). The Hall–Kier alpha value is -2.89. The van der Waals surface area contributed by atoms with Gasteiger partial charge in [-0.05, 0) is 42.7 Å². The second-order valence-corrected chi connectivity index (χ2v) is 9.85. The summed E-state index contributed by atoms with van der Waals surface area (Å²) < 4.78 is 62.2. The molecule has 0 radical (unpaired) electrons. The van der Waals surface area contributed by atoms with Gasteiger partial charge >= 0.3 is 6.18 Å². The molecular formula is C21H20F3N3O4S. The minimum absolute atomic E-state index is 0.0222. The Bertz CT molecular complexity index is 1130. The number of rotatable bonds is 6. The summed E-state index contributed by atoms with van der Waals surface area (Å²) in [5.74, 6) is 1.06. The molecule has 0 aliphatic carbocycles. The highest BCUT2D eigenvalue weighted by Crippen LogP contribution is 2.52. The van der Waals surface area contributed by atoms with Gasteiger partial charge in [-0.15, -0.1) is 0 Å². The molecule has 4 rings (SSSR count). The van der Waals surface area contributed by atoms with Gasteiger partial charge in [0.25, 0.3) is 5.91 Å². The quantitative estimate of drug-likeness (QED) is 0.474. The van der Waals surface area contributed by atoms with Crippen LogP contribution in [0.1, 0.15) is 22.5 Å². The molecule has 0 unspecified atom stereocenters. The minimum atomic E-state index is -4.47. The van der Waals surface area contributed by atoms with Crippen molar-refractivity contribution >= 4 is 27.4 Å². The third-order valence-corrected chi connectivity index (χ3v) is 7.03. The molecule has 2 aromatic heterocycles. The van der Waals surface area contributed by atoms with Crippen LogP contribution in [0.3, 0.4) is 0 Å². The fourth-order valence-corrected chi connectivity index (χ4v) is 5.12. The molecule has 1 aliphatic heterocycles. The van der Waals surface area contributed by atoms with E-state index in [0.717, 1.165) is 12.1 Å². The molecule has 0 atom stereocenters. The van der Waals surface area contributed by atoms with Crippen LogP contribution in [0.4, 0.5) is 13.2 Å². The zero-order valence-corrected chi connectivity index (χ0v) is 17.5. The van der Waals surface area contributed by atoms with Gasteiger partial charge in [-0.1, -0.05) is 6.07 Å². The number of halogens is 3. The van der Waals surface area contributed by atoms with E-state index in [1.54, 1.807) is 30.3 Å². The normalized spacial score (nSPS) is 16.9. The van der Waals surface area contributed by atoms with E-state index in [4.69, 9.17) is 4.74 Å². The van der Waals surface area contributed by atoms with Crippen LogP contribution < -0.4 is 10.1 Å². The molecule has 1 aliphatic rings. The molecule has 3 aromatic rings. The Balaban J connectivity index is 1.37. The molecular weight excluding hydrogens is 447 g/mol. The first-order valence-electron chi connectivity index (χ1n) is 9.73. The molecule has 0 spiro atoms. The van der Waals surface area contributed by atoms with E-state index >= 15 is 0 Å². The van der Waals surface area contributed by atoms with E-state index in [-0.39, 0.29) is 23.4 Å². The van der Waals surface area contributed by atoms with E-state index in [1.807, 2.05) is 0 Å². The number of fused-ring (bicyclic) bond motifs is 1. The average Bonchev–Trinajstić information content (AvgIpc) is 2.71. The number of carbonyl (C=O) groups excluding carboxylic acids is 1. The van der Waals surface area contributed by atoms with E-state index in [9.17, 15) is 27.1 Å². The highest BCUT2D eigenvalue weighted by molar-refractivity contribution is 8.25. The smallest absolute Gasteiger partial charge is 0.417 e. The van der Waals surface area contributed by atoms with Crippen molar-refractivity contribution in [2.45, 2.75) is 12.6 Å². The number of hydrogen-bond donors (Lipinski definition) is 3. The van der Waals surface area contributed by atoms with Crippen LogP contribution in [-0.2, 0) is 6.18 Å². The van der Waals surface area contributed by atoms with Gasteiger partial charge in [0.2, 0.25) is 5.88 Å². The van der Waals surface area contributed by atoms with Crippen molar-refractivity contribution in [1.82, 2.24) is 15.3 Å². The Morgan fingerprint density at radius 1 is 1.16 bits per heavy atom. The summed E-state index contributed by atoms with van der Waals surface area (Å²) in [6, 6.07) is 10.2. The van der Waals surface area contributed by atoms with E-state index in [1.165, 1.54) is 0 Å². The molecule has 7 nitrogen and oxygen atoms in total. The molecule has 170 valence electrons. The number of hydrogen-bond acceptors (Lipinski definition) is 6. The summed E-state index contributed by atoms with van der Waals surface area (Å²) >= 11 is 0. The van der Waals surface area contributed by atoms with Crippen LogP contribution >= 0.6 is 10.6 Å². The lowest BCUT2D eigenvalue weighted by atomic mass is 10.1. The van der Waals surface area contributed by atoms with E-state index < -0.39 is 22.3 Å².